The maximum atomic E-state index is 13.1. The van der Waals surface area contributed by atoms with Crippen molar-refractivity contribution in [2.75, 3.05) is 26.2 Å². The van der Waals surface area contributed by atoms with Gasteiger partial charge in [0.2, 0.25) is 11.8 Å². The Bertz CT molecular complexity index is 613. The van der Waals surface area contributed by atoms with Crippen LogP contribution in [-0.4, -0.2) is 42.9 Å². The molecular weight excluding hydrogens is 309 g/mol. The van der Waals surface area contributed by atoms with Crippen molar-refractivity contribution < 1.29 is 14.0 Å². The van der Waals surface area contributed by atoms with Crippen LogP contribution in [0.3, 0.4) is 0 Å². The molecule has 3 N–H and O–H groups in total. The lowest BCUT2D eigenvalue weighted by Crippen LogP contribution is -2.49. The van der Waals surface area contributed by atoms with Gasteiger partial charge in [0.25, 0.3) is 0 Å². The van der Waals surface area contributed by atoms with E-state index in [1.165, 1.54) is 12.1 Å². The highest BCUT2D eigenvalue weighted by atomic mass is 19.1. The Balaban J connectivity index is 1.68. The number of halogens is 1. The zero-order valence-corrected chi connectivity index (χ0v) is 13.8. The van der Waals surface area contributed by atoms with E-state index < -0.39 is 5.41 Å². The summed E-state index contributed by atoms with van der Waals surface area (Å²) in [6, 6.07) is 6.22. The lowest BCUT2D eigenvalue weighted by molar-refractivity contribution is -0.138. The number of rotatable bonds is 5. The van der Waals surface area contributed by atoms with Gasteiger partial charge in [-0.25, -0.2) is 4.39 Å². The molecule has 0 bridgehead atoms. The maximum Gasteiger partial charge on any atom is 0.233 e. The van der Waals surface area contributed by atoms with E-state index in [2.05, 4.69) is 5.32 Å². The van der Waals surface area contributed by atoms with Crippen LogP contribution in [0.5, 0.6) is 0 Å². The first-order valence-corrected chi connectivity index (χ1v) is 8.60. The Hall–Kier alpha value is -1.95. The monoisotopic (exact) mass is 333 g/mol. The second-order valence-corrected chi connectivity index (χ2v) is 6.76. The fourth-order valence-electron chi connectivity index (χ4n) is 3.54. The van der Waals surface area contributed by atoms with Crippen molar-refractivity contribution in [2.24, 2.45) is 11.7 Å². The molecule has 130 valence electrons. The molecule has 1 aliphatic carbocycles. The topological polar surface area (TPSA) is 75.4 Å². The lowest BCUT2D eigenvalue weighted by atomic mass is 9.91. The van der Waals surface area contributed by atoms with Crippen LogP contribution in [0, 0.1) is 11.7 Å². The predicted molar refractivity (Wildman–Crippen MR) is 88.7 cm³/mol. The molecule has 2 aliphatic rings. The van der Waals surface area contributed by atoms with Crippen molar-refractivity contribution >= 4 is 11.8 Å². The number of amides is 2. The van der Waals surface area contributed by atoms with Gasteiger partial charge in [-0.15, -0.1) is 0 Å². The Morgan fingerprint density at radius 1 is 1.29 bits per heavy atom. The summed E-state index contributed by atoms with van der Waals surface area (Å²) in [5.41, 5.74) is 5.78. The predicted octanol–water partition coefficient (Wildman–Crippen LogP) is 1.17. The van der Waals surface area contributed by atoms with Crippen molar-refractivity contribution in [1.82, 2.24) is 10.2 Å². The third-order valence-electron chi connectivity index (χ3n) is 5.08. The van der Waals surface area contributed by atoms with Crippen molar-refractivity contribution in [2.45, 2.75) is 31.1 Å². The number of piperidine rings is 1. The van der Waals surface area contributed by atoms with Crippen LogP contribution in [-0.2, 0) is 15.0 Å². The summed E-state index contributed by atoms with van der Waals surface area (Å²) in [6.07, 6.45) is 3.20. The average molecular weight is 333 g/mol. The Morgan fingerprint density at radius 3 is 2.62 bits per heavy atom. The summed E-state index contributed by atoms with van der Waals surface area (Å²) in [5.74, 6) is -0.412. The third kappa shape index (κ3) is 3.29. The smallest absolute Gasteiger partial charge is 0.233 e. The first-order valence-electron chi connectivity index (χ1n) is 8.60. The molecule has 1 saturated carbocycles. The quantitative estimate of drug-likeness (QED) is 0.849. The highest BCUT2D eigenvalue weighted by molar-refractivity contribution is 5.92. The average Bonchev–Trinajstić information content (AvgIpc) is 3.41. The fourth-order valence-corrected chi connectivity index (χ4v) is 3.54. The summed E-state index contributed by atoms with van der Waals surface area (Å²) < 4.78 is 13.1. The molecule has 24 heavy (non-hydrogen) atoms. The number of carbonyl (C=O) groups excluding carboxylic acids is 2. The molecule has 1 aromatic rings. The second-order valence-electron chi connectivity index (χ2n) is 6.76. The summed E-state index contributed by atoms with van der Waals surface area (Å²) in [5, 5.41) is 2.81. The molecule has 5 nitrogen and oxygen atoms in total. The molecular formula is C18H24FN3O2. The van der Waals surface area contributed by atoms with Gasteiger partial charge in [-0.2, -0.15) is 0 Å². The van der Waals surface area contributed by atoms with E-state index >= 15 is 0 Å². The summed E-state index contributed by atoms with van der Waals surface area (Å²) in [7, 11) is 0. The van der Waals surface area contributed by atoms with Gasteiger partial charge >= 0.3 is 0 Å². The van der Waals surface area contributed by atoms with Gasteiger partial charge in [0, 0.05) is 26.2 Å². The molecule has 3 rings (SSSR count). The highest BCUT2D eigenvalue weighted by Gasteiger charge is 2.53. The van der Waals surface area contributed by atoms with Crippen LogP contribution < -0.4 is 11.1 Å². The number of hydrogen-bond donors (Lipinski definition) is 2. The van der Waals surface area contributed by atoms with Crippen molar-refractivity contribution in [1.29, 1.82) is 0 Å². The number of nitrogens with one attached hydrogen (secondary N) is 1. The fraction of sp³-hybridized carbons (Fsp3) is 0.556. The maximum absolute atomic E-state index is 13.1. The number of likely N-dealkylation sites (tertiary alicyclic amines) is 1. The number of nitrogens with zero attached hydrogens (tertiary/aromatic N) is 1. The summed E-state index contributed by atoms with van der Waals surface area (Å²) in [6.45, 7) is 2.01. The van der Waals surface area contributed by atoms with Crippen LogP contribution in [0.4, 0.5) is 4.39 Å². The third-order valence-corrected chi connectivity index (χ3v) is 5.08. The van der Waals surface area contributed by atoms with E-state index in [0.29, 0.717) is 26.2 Å². The number of carbonyl (C=O) groups is 2. The van der Waals surface area contributed by atoms with Gasteiger partial charge in [0.05, 0.1) is 11.3 Å². The van der Waals surface area contributed by atoms with Gasteiger partial charge in [-0.1, -0.05) is 12.1 Å². The highest BCUT2D eigenvalue weighted by Crippen LogP contribution is 2.50. The molecule has 0 spiro atoms. The van der Waals surface area contributed by atoms with Crippen LogP contribution >= 0.6 is 0 Å². The first kappa shape index (κ1) is 16.9. The molecule has 1 atom stereocenters. The van der Waals surface area contributed by atoms with E-state index in [1.807, 2.05) is 4.90 Å². The normalized spacial score (nSPS) is 22.1. The van der Waals surface area contributed by atoms with Crippen LogP contribution in [0.1, 0.15) is 31.2 Å². The number of benzene rings is 1. The summed E-state index contributed by atoms with van der Waals surface area (Å²) >= 11 is 0. The molecule has 2 amide bonds. The minimum atomic E-state index is -0.511. The summed E-state index contributed by atoms with van der Waals surface area (Å²) in [4.78, 5) is 27.0. The van der Waals surface area contributed by atoms with Crippen molar-refractivity contribution in [3.8, 4) is 0 Å². The van der Waals surface area contributed by atoms with Gasteiger partial charge in [-0.05, 0) is 43.4 Å². The second kappa shape index (κ2) is 6.89. The Labute approximate surface area is 141 Å². The van der Waals surface area contributed by atoms with E-state index in [9.17, 15) is 14.0 Å². The number of hydrogen-bond acceptors (Lipinski definition) is 3. The minimum absolute atomic E-state index is 0.0235. The van der Waals surface area contributed by atoms with E-state index in [0.717, 1.165) is 31.2 Å². The number of nitrogens with two attached hydrogens (primary N) is 1. The van der Waals surface area contributed by atoms with Crippen molar-refractivity contribution in [3.05, 3.63) is 35.6 Å². The zero-order chi connectivity index (χ0) is 17.2. The van der Waals surface area contributed by atoms with Gasteiger partial charge in [-0.3, -0.25) is 9.59 Å². The molecule has 1 aromatic carbocycles. The van der Waals surface area contributed by atoms with Gasteiger partial charge in [0.1, 0.15) is 5.82 Å². The Morgan fingerprint density at radius 2 is 2.00 bits per heavy atom. The van der Waals surface area contributed by atoms with Gasteiger partial charge < -0.3 is 16.0 Å². The molecule has 0 radical (unpaired) electrons. The minimum Gasteiger partial charge on any atom is -0.355 e. The van der Waals surface area contributed by atoms with Gasteiger partial charge in [0.15, 0.2) is 0 Å². The SMILES string of the molecule is NCCNC(=O)C1CCCN(C(=O)C2(c3ccc(F)cc3)CC2)C1. The Kier molecular flexibility index (Phi) is 4.85. The lowest BCUT2D eigenvalue weighted by Gasteiger charge is -2.34. The zero-order valence-electron chi connectivity index (χ0n) is 13.8. The molecule has 0 aromatic heterocycles. The van der Waals surface area contributed by atoms with E-state index in [-0.39, 0.29) is 23.5 Å². The molecule has 6 heteroatoms. The first-order chi connectivity index (χ1) is 11.6. The van der Waals surface area contributed by atoms with Crippen molar-refractivity contribution in [3.63, 3.8) is 0 Å². The van der Waals surface area contributed by atoms with Crippen LogP contribution in [0.2, 0.25) is 0 Å². The van der Waals surface area contributed by atoms with Crippen LogP contribution in [0.15, 0.2) is 24.3 Å². The molecule has 2 fully saturated rings. The largest absolute Gasteiger partial charge is 0.355 e. The molecule has 1 saturated heterocycles. The van der Waals surface area contributed by atoms with Crippen LogP contribution in [0.25, 0.3) is 0 Å². The standard InChI is InChI=1S/C18H24FN3O2/c19-15-5-3-14(4-6-15)18(7-8-18)17(24)22-11-1-2-13(12-22)16(23)21-10-9-20/h3-6,13H,1-2,7-12,20H2,(H,21,23). The molecule has 1 heterocycles. The molecule has 1 aliphatic heterocycles. The molecule has 1 unspecified atom stereocenters. The van der Waals surface area contributed by atoms with E-state index in [1.54, 1.807) is 12.1 Å². The van der Waals surface area contributed by atoms with E-state index in [4.69, 9.17) is 5.73 Å².